The summed E-state index contributed by atoms with van der Waals surface area (Å²) in [5.74, 6) is -0.192. The molecule has 0 radical (unpaired) electrons. The van der Waals surface area contributed by atoms with Crippen molar-refractivity contribution in [1.29, 1.82) is 0 Å². The SMILES string of the molecule is CCCCOCCN1CCC(=O)NC1=O. The summed E-state index contributed by atoms with van der Waals surface area (Å²) in [6.07, 6.45) is 2.55. The summed E-state index contributed by atoms with van der Waals surface area (Å²) in [7, 11) is 0. The number of unbranched alkanes of at least 4 members (excludes halogenated alkanes) is 1. The monoisotopic (exact) mass is 214 g/mol. The van der Waals surface area contributed by atoms with Gasteiger partial charge in [-0.3, -0.25) is 10.1 Å². The highest BCUT2D eigenvalue weighted by Crippen LogP contribution is 2.00. The Morgan fingerprint density at radius 2 is 2.20 bits per heavy atom. The van der Waals surface area contributed by atoms with Gasteiger partial charge in [0.1, 0.15) is 0 Å². The third kappa shape index (κ3) is 4.29. The third-order valence-corrected chi connectivity index (χ3v) is 2.29. The van der Waals surface area contributed by atoms with Crippen LogP contribution < -0.4 is 5.32 Å². The first-order valence-electron chi connectivity index (χ1n) is 5.40. The minimum absolute atomic E-state index is 0.192. The van der Waals surface area contributed by atoms with Crippen molar-refractivity contribution in [2.24, 2.45) is 0 Å². The molecule has 1 rings (SSSR count). The zero-order valence-electron chi connectivity index (χ0n) is 9.12. The fraction of sp³-hybridized carbons (Fsp3) is 0.800. The van der Waals surface area contributed by atoms with Crippen molar-refractivity contribution in [3.63, 3.8) is 0 Å². The smallest absolute Gasteiger partial charge is 0.324 e. The van der Waals surface area contributed by atoms with E-state index in [1.807, 2.05) is 0 Å². The van der Waals surface area contributed by atoms with Crippen molar-refractivity contribution in [3.8, 4) is 0 Å². The van der Waals surface area contributed by atoms with E-state index in [-0.39, 0.29) is 11.9 Å². The largest absolute Gasteiger partial charge is 0.380 e. The van der Waals surface area contributed by atoms with Gasteiger partial charge in [-0.05, 0) is 6.42 Å². The number of carbonyl (C=O) groups is 2. The summed E-state index contributed by atoms with van der Waals surface area (Å²) in [6.45, 7) is 4.45. The average molecular weight is 214 g/mol. The molecule has 1 fully saturated rings. The Balaban J connectivity index is 2.10. The fourth-order valence-corrected chi connectivity index (χ4v) is 1.34. The van der Waals surface area contributed by atoms with Crippen molar-refractivity contribution in [2.45, 2.75) is 26.2 Å². The molecule has 0 unspecified atom stereocenters. The lowest BCUT2D eigenvalue weighted by Gasteiger charge is -2.26. The maximum Gasteiger partial charge on any atom is 0.324 e. The maximum atomic E-state index is 11.3. The minimum atomic E-state index is -0.301. The number of amides is 3. The van der Waals surface area contributed by atoms with Crippen LogP contribution in [0.15, 0.2) is 0 Å². The molecule has 0 bridgehead atoms. The zero-order valence-corrected chi connectivity index (χ0v) is 9.12. The van der Waals surface area contributed by atoms with Gasteiger partial charge in [-0.15, -0.1) is 0 Å². The van der Waals surface area contributed by atoms with E-state index in [9.17, 15) is 9.59 Å². The van der Waals surface area contributed by atoms with Gasteiger partial charge in [0, 0.05) is 26.1 Å². The molecule has 0 saturated carbocycles. The second kappa shape index (κ2) is 6.40. The van der Waals surface area contributed by atoms with Gasteiger partial charge in [0.05, 0.1) is 6.61 Å². The van der Waals surface area contributed by atoms with E-state index < -0.39 is 0 Å². The summed E-state index contributed by atoms with van der Waals surface area (Å²) < 4.78 is 5.35. The Morgan fingerprint density at radius 3 is 2.87 bits per heavy atom. The van der Waals surface area contributed by atoms with E-state index in [2.05, 4.69) is 12.2 Å². The van der Waals surface area contributed by atoms with Crippen LogP contribution in [0.5, 0.6) is 0 Å². The molecule has 5 nitrogen and oxygen atoms in total. The number of imide groups is 1. The van der Waals surface area contributed by atoms with Crippen molar-refractivity contribution in [3.05, 3.63) is 0 Å². The lowest BCUT2D eigenvalue weighted by Crippen LogP contribution is -2.50. The predicted octanol–water partition coefficient (Wildman–Crippen LogP) is 0.745. The van der Waals surface area contributed by atoms with Crippen LogP contribution in [-0.2, 0) is 9.53 Å². The molecule has 0 aromatic heterocycles. The van der Waals surface area contributed by atoms with Gasteiger partial charge in [-0.1, -0.05) is 13.3 Å². The first-order valence-corrected chi connectivity index (χ1v) is 5.40. The van der Waals surface area contributed by atoms with E-state index in [1.165, 1.54) is 0 Å². The molecule has 0 spiro atoms. The van der Waals surface area contributed by atoms with Gasteiger partial charge >= 0.3 is 6.03 Å². The van der Waals surface area contributed by atoms with E-state index >= 15 is 0 Å². The Hall–Kier alpha value is -1.10. The van der Waals surface area contributed by atoms with E-state index in [1.54, 1.807) is 4.90 Å². The van der Waals surface area contributed by atoms with Gasteiger partial charge in [-0.2, -0.15) is 0 Å². The van der Waals surface area contributed by atoms with Crippen LogP contribution in [0.25, 0.3) is 0 Å². The normalized spacial score (nSPS) is 16.7. The lowest BCUT2D eigenvalue weighted by atomic mass is 10.3. The number of nitrogens with zero attached hydrogens (tertiary/aromatic N) is 1. The maximum absolute atomic E-state index is 11.3. The quantitative estimate of drug-likeness (QED) is 0.664. The van der Waals surface area contributed by atoms with Crippen molar-refractivity contribution in [1.82, 2.24) is 10.2 Å². The van der Waals surface area contributed by atoms with Gasteiger partial charge in [0.25, 0.3) is 0 Å². The average Bonchev–Trinajstić information content (AvgIpc) is 2.20. The Morgan fingerprint density at radius 1 is 1.40 bits per heavy atom. The molecular formula is C10H18N2O3. The Labute approximate surface area is 89.8 Å². The number of hydrogen-bond donors (Lipinski definition) is 1. The van der Waals surface area contributed by atoms with E-state index in [4.69, 9.17) is 4.74 Å². The van der Waals surface area contributed by atoms with Crippen LogP contribution in [0.3, 0.4) is 0 Å². The number of nitrogens with one attached hydrogen (secondary N) is 1. The molecular weight excluding hydrogens is 196 g/mol. The topological polar surface area (TPSA) is 58.6 Å². The van der Waals surface area contributed by atoms with Gasteiger partial charge < -0.3 is 9.64 Å². The van der Waals surface area contributed by atoms with Crippen molar-refractivity contribution >= 4 is 11.9 Å². The molecule has 1 saturated heterocycles. The second-order valence-electron chi connectivity index (χ2n) is 3.56. The highest BCUT2D eigenvalue weighted by molar-refractivity contribution is 5.96. The molecule has 5 heteroatoms. The highest BCUT2D eigenvalue weighted by atomic mass is 16.5. The Kier molecular flexibility index (Phi) is 5.10. The molecule has 3 amide bonds. The minimum Gasteiger partial charge on any atom is -0.380 e. The molecule has 1 heterocycles. The number of ether oxygens (including phenoxy) is 1. The highest BCUT2D eigenvalue weighted by Gasteiger charge is 2.21. The molecule has 0 aliphatic carbocycles. The number of carbonyl (C=O) groups excluding carboxylic acids is 2. The van der Waals surface area contributed by atoms with Crippen LogP contribution in [0.1, 0.15) is 26.2 Å². The first kappa shape index (κ1) is 12.0. The van der Waals surface area contributed by atoms with E-state index in [0.29, 0.717) is 26.1 Å². The number of hydrogen-bond acceptors (Lipinski definition) is 3. The number of urea groups is 1. The van der Waals surface area contributed by atoms with Crippen LogP contribution in [0.2, 0.25) is 0 Å². The molecule has 1 N–H and O–H groups in total. The molecule has 0 aromatic rings. The van der Waals surface area contributed by atoms with Crippen LogP contribution in [0, 0.1) is 0 Å². The van der Waals surface area contributed by atoms with E-state index in [0.717, 1.165) is 19.4 Å². The molecule has 86 valence electrons. The first-order chi connectivity index (χ1) is 7.24. The number of rotatable bonds is 6. The molecule has 0 atom stereocenters. The summed E-state index contributed by atoms with van der Waals surface area (Å²) in [6, 6.07) is -0.301. The standard InChI is InChI=1S/C10H18N2O3/c1-2-3-7-15-8-6-12-5-4-9(13)11-10(12)14/h2-8H2,1H3,(H,11,13,14). The Bertz CT molecular complexity index is 231. The van der Waals surface area contributed by atoms with Crippen LogP contribution in [0.4, 0.5) is 4.79 Å². The lowest BCUT2D eigenvalue weighted by molar-refractivity contribution is -0.121. The van der Waals surface area contributed by atoms with Gasteiger partial charge in [0.15, 0.2) is 0 Å². The summed E-state index contributed by atoms with van der Waals surface area (Å²) in [5, 5.41) is 2.27. The van der Waals surface area contributed by atoms with Crippen molar-refractivity contribution < 1.29 is 14.3 Å². The van der Waals surface area contributed by atoms with Crippen LogP contribution in [-0.4, -0.2) is 43.1 Å². The summed E-state index contributed by atoms with van der Waals surface area (Å²) in [5.41, 5.74) is 0. The summed E-state index contributed by atoms with van der Waals surface area (Å²) in [4.78, 5) is 23.7. The predicted molar refractivity (Wildman–Crippen MR) is 55.5 cm³/mol. The van der Waals surface area contributed by atoms with Crippen molar-refractivity contribution in [2.75, 3.05) is 26.3 Å². The van der Waals surface area contributed by atoms with Gasteiger partial charge in [0.2, 0.25) is 5.91 Å². The fourth-order valence-electron chi connectivity index (χ4n) is 1.34. The molecule has 15 heavy (non-hydrogen) atoms. The molecule has 0 aromatic carbocycles. The molecule has 1 aliphatic heterocycles. The second-order valence-corrected chi connectivity index (χ2v) is 3.56. The zero-order chi connectivity index (χ0) is 11.1. The summed E-state index contributed by atoms with van der Waals surface area (Å²) >= 11 is 0. The molecule has 1 aliphatic rings. The third-order valence-electron chi connectivity index (χ3n) is 2.29. The van der Waals surface area contributed by atoms with Gasteiger partial charge in [-0.25, -0.2) is 4.79 Å². The van der Waals surface area contributed by atoms with Crippen LogP contribution >= 0.6 is 0 Å².